The summed E-state index contributed by atoms with van der Waals surface area (Å²) in [5, 5.41) is 18.2. The number of amides is 1. The standard InChI is InChI=1S/C27H26FN7O2/c1-34-14-18(11-32-34)22-10-20-23(13-30-22)33-26-25(20)24(21(28)12-31-26)16-2-4-17(5-3-16)27(37)29-7-9-35-8-6-19(36)15-35/h2-5,10-14,19,36H,6-9,15H2,1H3,(H,29,37)(H,31,33)/t19-/m0/s1. The molecule has 1 amide bonds. The maximum Gasteiger partial charge on any atom is 0.251 e. The van der Waals surface area contributed by atoms with E-state index in [-0.39, 0.29) is 12.0 Å². The summed E-state index contributed by atoms with van der Waals surface area (Å²) in [5.74, 6) is -0.635. The smallest absolute Gasteiger partial charge is 0.251 e. The number of benzene rings is 1. The summed E-state index contributed by atoms with van der Waals surface area (Å²) < 4.78 is 16.9. The van der Waals surface area contributed by atoms with Crippen LogP contribution in [0.4, 0.5) is 4.39 Å². The second-order valence-electron chi connectivity index (χ2n) is 9.42. The number of likely N-dealkylation sites (tertiary alicyclic amines) is 1. The van der Waals surface area contributed by atoms with Gasteiger partial charge in [0.1, 0.15) is 11.5 Å². The highest BCUT2D eigenvalue weighted by Crippen LogP contribution is 2.36. The van der Waals surface area contributed by atoms with Crippen LogP contribution >= 0.6 is 0 Å². The number of H-pyrrole nitrogens is 1. The number of carbonyl (C=O) groups is 1. The second kappa shape index (κ2) is 9.38. The lowest BCUT2D eigenvalue weighted by atomic mass is 9.99. The molecule has 188 valence electrons. The molecule has 3 N–H and O–H groups in total. The molecule has 1 aliphatic heterocycles. The maximum absolute atomic E-state index is 15.2. The number of nitrogens with one attached hydrogen (secondary N) is 2. The van der Waals surface area contributed by atoms with E-state index in [2.05, 4.69) is 30.3 Å². The van der Waals surface area contributed by atoms with Crippen LogP contribution in [0.1, 0.15) is 16.8 Å². The Morgan fingerprint density at radius 2 is 2.03 bits per heavy atom. The van der Waals surface area contributed by atoms with E-state index in [1.807, 2.05) is 19.3 Å². The van der Waals surface area contributed by atoms with Crippen LogP contribution in [-0.4, -0.2) is 72.9 Å². The number of hydrogen-bond acceptors (Lipinski definition) is 6. The molecule has 1 saturated heterocycles. The predicted molar refractivity (Wildman–Crippen MR) is 138 cm³/mol. The molecule has 37 heavy (non-hydrogen) atoms. The van der Waals surface area contributed by atoms with E-state index in [0.29, 0.717) is 47.4 Å². The zero-order valence-corrected chi connectivity index (χ0v) is 20.3. The van der Waals surface area contributed by atoms with Gasteiger partial charge in [-0.3, -0.25) is 19.4 Å². The van der Waals surface area contributed by atoms with E-state index in [4.69, 9.17) is 0 Å². The molecule has 1 aliphatic rings. The minimum absolute atomic E-state index is 0.189. The Hall–Kier alpha value is -4.15. The maximum atomic E-state index is 15.2. The fourth-order valence-electron chi connectivity index (χ4n) is 4.96. The highest BCUT2D eigenvalue weighted by atomic mass is 19.1. The van der Waals surface area contributed by atoms with E-state index >= 15 is 4.39 Å². The van der Waals surface area contributed by atoms with Crippen molar-refractivity contribution in [2.24, 2.45) is 7.05 Å². The van der Waals surface area contributed by atoms with Crippen molar-refractivity contribution in [3.63, 3.8) is 0 Å². The monoisotopic (exact) mass is 499 g/mol. The van der Waals surface area contributed by atoms with Crippen LogP contribution in [0.25, 0.3) is 44.3 Å². The molecule has 1 aromatic carbocycles. The van der Waals surface area contributed by atoms with Gasteiger partial charge in [-0.05, 0) is 30.2 Å². The Labute approximate surface area is 212 Å². The van der Waals surface area contributed by atoms with Crippen LogP contribution in [-0.2, 0) is 7.05 Å². The van der Waals surface area contributed by atoms with Crippen molar-refractivity contribution < 1.29 is 14.3 Å². The molecule has 0 bridgehead atoms. The van der Waals surface area contributed by atoms with Crippen LogP contribution in [0.2, 0.25) is 0 Å². The average Bonchev–Trinajstić information content (AvgIpc) is 3.62. The van der Waals surface area contributed by atoms with Gasteiger partial charge < -0.3 is 15.4 Å². The van der Waals surface area contributed by atoms with E-state index in [9.17, 15) is 9.90 Å². The second-order valence-corrected chi connectivity index (χ2v) is 9.42. The molecule has 9 nitrogen and oxygen atoms in total. The number of aromatic nitrogens is 5. The van der Waals surface area contributed by atoms with E-state index in [0.717, 1.165) is 35.1 Å². The molecular formula is C27H26FN7O2. The number of aliphatic hydroxyl groups is 1. The Morgan fingerprint density at radius 3 is 2.76 bits per heavy atom. The molecule has 0 aliphatic carbocycles. The Kier molecular flexibility index (Phi) is 5.90. The Balaban J connectivity index is 1.29. The summed E-state index contributed by atoms with van der Waals surface area (Å²) >= 11 is 0. The SMILES string of the molecule is Cn1cc(-c2cc3c(cn2)[nH]c2ncc(F)c(-c4ccc(C(=O)NCCN5CC[C@H](O)C5)cc4)c23)cn1. The number of β-amino-alcohol motifs (C(OH)–C–C–N with tert-alkyl or cyclic N) is 1. The van der Waals surface area contributed by atoms with Gasteiger partial charge in [-0.2, -0.15) is 5.10 Å². The molecule has 5 aromatic rings. The van der Waals surface area contributed by atoms with Gasteiger partial charge in [-0.1, -0.05) is 12.1 Å². The number of nitrogens with zero attached hydrogens (tertiary/aromatic N) is 5. The molecule has 0 spiro atoms. The highest BCUT2D eigenvalue weighted by Gasteiger charge is 2.20. The lowest BCUT2D eigenvalue weighted by Crippen LogP contribution is -2.34. The number of halogens is 1. The average molecular weight is 500 g/mol. The summed E-state index contributed by atoms with van der Waals surface area (Å²) in [7, 11) is 1.84. The largest absolute Gasteiger partial charge is 0.392 e. The normalized spacial score (nSPS) is 16.1. The molecule has 5 heterocycles. The van der Waals surface area contributed by atoms with Crippen molar-refractivity contribution in [2.75, 3.05) is 26.2 Å². The van der Waals surface area contributed by atoms with Crippen LogP contribution in [0, 0.1) is 5.82 Å². The molecule has 6 rings (SSSR count). The number of carbonyl (C=O) groups excluding carboxylic acids is 1. The molecule has 1 atom stereocenters. The molecule has 0 unspecified atom stereocenters. The van der Waals surface area contributed by atoms with Crippen molar-refractivity contribution in [1.82, 2.24) is 34.9 Å². The van der Waals surface area contributed by atoms with Crippen molar-refractivity contribution in [2.45, 2.75) is 12.5 Å². The van der Waals surface area contributed by atoms with Crippen molar-refractivity contribution in [3.8, 4) is 22.4 Å². The summed E-state index contributed by atoms with van der Waals surface area (Å²) in [4.78, 5) is 26.8. The predicted octanol–water partition coefficient (Wildman–Crippen LogP) is 3.11. The molecule has 10 heteroatoms. The lowest BCUT2D eigenvalue weighted by molar-refractivity contribution is 0.0949. The minimum atomic E-state index is -0.446. The van der Waals surface area contributed by atoms with Gasteiger partial charge in [0.2, 0.25) is 0 Å². The first-order valence-corrected chi connectivity index (χ1v) is 12.2. The third-order valence-corrected chi connectivity index (χ3v) is 6.86. The van der Waals surface area contributed by atoms with Crippen molar-refractivity contribution in [1.29, 1.82) is 0 Å². The fraction of sp³-hybridized carbons (Fsp3) is 0.259. The zero-order valence-electron chi connectivity index (χ0n) is 20.3. The molecule has 0 saturated carbocycles. The van der Waals surface area contributed by atoms with Gasteiger partial charge >= 0.3 is 0 Å². The number of hydrogen-bond donors (Lipinski definition) is 3. The minimum Gasteiger partial charge on any atom is -0.392 e. The number of aryl methyl sites for hydroxylation is 1. The van der Waals surface area contributed by atoms with Gasteiger partial charge in [0.05, 0.1) is 35.9 Å². The van der Waals surface area contributed by atoms with Gasteiger partial charge in [0.25, 0.3) is 5.91 Å². The Bertz CT molecular complexity index is 1610. The highest BCUT2D eigenvalue weighted by molar-refractivity contribution is 6.13. The quantitative estimate of drug-likeness (QED) is 0.331. The topological polar surface area (TPSA) is 112 Å². The van der Waals surface area contributed by atoms with Crippen molar-refractivity contribution in [3.05, 3.63) is 66.5 Å². The molecular weight excluding hydrogens is 473 g/mol. The number of aromatic amines is 1. The molecule has 0 radical (unpaired) electrons. The third-order valence-electron chi connectivity index (χ3n) is 6.86. The van der Waals surface area contributed by atoms with Gasteiger partial charge in [0.15, 0.2) is 0 Å². The fourth-order valence-corrected chi connectivity index (χ4v) is 4.96. The zero-order chi connectivity index (χ0) is 25.5. The first-order valence-electron chi connectivity index (χ1n) is 12.2. The van der Waals surface area contributed by atoms with Crippen molar-refractivity contribution >= 4 is 27.8 Å². The first-order chi connectivity index (χ1) is 18.0. The number of pyridine rings is 2. The summed E-state index contributed by atoms with van der Waals surface area (Å²) in [6, 6.07) is 8.83. The van der Waals surface area contributed by atoms with E-state index in [1.165, 1.54) is 6.20 Å². The Morgan fingerprint density at radius 1 is 1.19 bits per heavy atom. The van der Waals surface area contributed by atoms with Gasteiger partial charge in [-0.25, -0.2) is 9.37 Å². The van der Waals surface area contributed by atoms with Crippen LogP contribution in [0.15, 0.2) is 55.1 Å². The van der Waals surface area contributed by atoms with E-state index in [1.54, 1.807) is 41.3 Å². The summed E-state index contributed by atoms with van der Waals surface area (Å²) in [5.41, 5.74) is 4.46. The van der Waals surface area contributed by atoms with Crippen LogP contribution in [0.5, 0.6) is 0 Å². The van der Waals surface area contributed by atoms with Crippen LogP contribution in [0.3, 0.4) is 0 Å². The number of aliphatic hydroxyl groups excluding tert-OH is 1. The summed E-state index contributed by atoms with van der Waals surface area (Å²) in [6.45, 7) is 2.67. The number of rotatable bonds is 6. The molecule has 1 fully saturated rings. The van der Waals surface area contributed by atoms with Gasteiger partial charge in [0, 0.05) is 66.9 Å². The lowest BCUT2D eigenvalue weighted by Gasteiger charge is -2.15. The van der Waals surface area contributed by atoms with E-state index < -0.39 is 5.82 Å². The summed E-state index contributed by atoms with van der Waals surface area (Å²) in [6.07, 6.45) is 7.03. The van der Waals surface area contributed by atoms with Gasteiger partial charge in [-0.15, -0.1) is 0 Å². The molecule has 4 aromatic heterocycles. The third kappa shape index (κ3) is 4.45. The number of fused-ring (bicyclic) bond motifs is 3. The van der Waals surface area contributed by atoms with Crippen LogP contribution < -0.4 is 5.32 Å². The first kappa shape index (κ1) is 23.3.